The first kappa shape index (κ1) is 14.8. The zero-order valence-corrected chi connectivity index (χ0v) is 12.4. The monoisotopic (exact) mass is 306 g/mol. The zero-order chi connectivity index (χ0) is 14.6. The molecule has 0 saturated carbocycles. The number of sulfone groups is 1. The number of benzene rings is 2. The summed E-state index contributed by atoms with van der Waals surface area (Å²) in [4.78, 5) is 0.164. The van der Waals surface area contributed by atoms with Crippen LogP contribution in [0.2, 0.25) is 5.02 Å². The summed E-state index contributed by atoms with van der Waals surface area (Å²) >= 11 is 6.04. The molecule has 0 saturated heterocycles. The average molecular weight is 307 g/mol. The van der Waals surface area contributed by atoms with Gasteiger partial charge in [0.05, 0.1) is 15.2 Å². The van der Waals surface area contributed by atoms with Gasteiger partial charge in [0.15, 0.2) is 9.84 Å². The van der Waals surface area contributed by atoms with Crippen molar-refractivity contribution in [2.45, 2.75) is 16.6 Å². The van der Waals surface area contributed by atoms with Crippen LogP contribution in [0.25, 0.3) is 0 Å². The minimum absolute atomic E-state index is 0.164. The number of halogens is 1. The van der Waals surface area contributed by atoms with E-state index in [-0.39, 0.29) is 9.92 Å². The predicted octanol–water partition coefficient (Wildman–Crippen LogP) is 4.43. The zero-order valence-electron chi connectivity index (χ0n) is 10.9. The highest BCUT2D eigenvalue weighted by Gasteiger charge is 2.29. The molecular weight excluding hydrogens is 292 g/mol. The van der Waals surface area contributed by atoms with Gasteiger partial charge in [0.1, 0.15) is 0 Å². The lowest BCUT2D eigenvalue weighted by Crippen LogP contribution is -2.13. The van der Waals surface area contributed by atoms with E-state index in [1.807, 2.05) is 30.3 Å². The molecule has 0 aromatic heterocycles. The van der Waals surface area contributed by atoms with Crippen molar-refractivity contribution in [2.75, 3.05) is 0 Å². The number of allylic oxidation sites excluding steroid dienone is 1. The van der Waals surface area contributed by atoms with Gasteiger partial charge in [-0.15, -0.1) is 6.58 Å². The van der Waals surface area contributed by atoms with Gasteiger partial charge in [0, 0.05) is 0 Å². The Hall–Kier alpha value is -1.58. The van der Waals surface area contributed by atoms with Crippen molar-refractivity contribution >= 4 is 21.4 Å². The minimum Gasteiger partial charge on any atom is -0.223 e. The van der Waals surface area contributed by atoms with Crippen molar-refractivity contribution in [2.24, 2.45) is 0 Å². The molecule has 1 unspecified atom stereocenters. The first-order valence-electron chi connectivity index (χ1n) is 6.21. The van der Waals surface area contributed by atoms with Gasteiger partial charge in [-0.1, -0.05) is 60.1 Å². The maximum atomic E-state index is 12.8. The minimum atomic E-state index is -3.55. The molecule has 0 aliphatic rings. The molecule has 0 amide bonds. The summed E-state index contributed by atoms with van der Waals surface area (Å²) in [6, 6.07) is 15.6. The fourth-order valence-electron chi connectivity index (χ4n) is 2.09. The van der Waals surface area contributed by atoms with Crippen LogP contribution in [0.5, 0.6) is 0 Å². The second-order valence-electron chi connectivity index (χ2n) is 4.40. The summed E-state index contributed by atoms with van der Waals surface area (Å²) in [7, 11) is -3.55. The maximum absolute atomic E-state index is 12.8. The first-order chi connectivity index (χ1) is 9.57. The third-order valence-electron chi connectivity index (χ3n) is 3.07. The van der Waals surface area contributed by atoms with Crippen LogP contribution in [0, 0.1) is 0 Å². The van der Waals surface area contributed by atoms with Gasteiger partial charge < -0.3 is 0 Å². The van der Waals surface area contributed by atoms with E-state index in [9.17, 15) is 8.42 Å². The van der Waals surface area contributed by atoms with E-state index < -0.39 is 15.1 Å². The molecule has 20 heavy (non-hydrogen) atoms. The van der Waals surface area contributed by atoms with Gasteiger partial charge >= 0.3 is 0 Å². The number of rotatable bonds is 5. The van der Waals surface area contributed by atoms with Gasteiger partial charge in [-0.05, 0) is 24.1 Å². The normalized spacial score (nSPS) is 12.8. The van der Waals surface area contributed by atoms with Crippen LogP contribution in [0.1, 0.15) is 17.2 Å². The Balaban J connectivity index is 2.54. The second kappa shape index (κ2) is 6.25. The third kappa shape index (κ3) is 2.94. The van der Waals surface area contributed by atoms with Crippen molar-refractivity contribution in [3.63, 3.8) is 0 Å². The molecule has 104 valence electrons. The van der Waals surface area contributed by atoms with Crippen molar-refractivity contribution in [1.82, 2.24) is 0 Å². The van der Waals surface area contributed by atoms with Gasteiger partial charge in [0.25, 0.3) is 0 Å². The van der Waals surface area contributed by atoms with Crippen LogP contribution < -0.4 is 0 Å². The van der Waals surface area contributed by atoms with E-state index in [1.54, 1.807) is 24.3 Å². The molecule has 2 aromatic carbocycles. The van der Waals surface area contributed by atoms with E-state index >= 15 is 0 Å². The van der Waals surface area contributed by atoms with Crippen LogP contribution in [-0.2, 0) is 9.84 Å². The topological polar surface area (TPSA) is 34.1 Å². The highest BCUT2D eigenvalue weighted by atomic mass is 35.5. The second-order valence-corrected chi connectivity index (χ2v) is 6.91. The maximum Gasteiger partial charge on any atom is 0.187 e. The summed E-state index contributed by atoms with van der Waals surface area (Å²) in [5.74, 6) is 0. The predicted molar refractivity (Wildman–Crippen MR) is 82.6 cm³/mol. The lowest BCUT2D eigenvalue weighted by atomic mass is 10.1. The van der Waals surface area contributed by atoms with Crippen molar-refractivity contribution in [3.05, 3.63) is 77.8 Å². The summed E-state index contributed by atoms with van der Waals surface area (Å²) < 4.78 is 25.6. The van der Waals surface area contributed by atoms with Crippen molar-refractivity contribution < 1.29 is 8.42 Å². The lowest BCUT2D eigenvalue weighted by molar-refractivity contribution is 0.582. The Morgan fingerprint density at radius 2 is 1.65 bits per heavy atom. The van der Waals surface area contributed by atoms with Gasteiger partial charge in [-0.25, -0.2) is 8.42 Å². The standard InChI is InChI=1S/C16H15ClO2S/c1-2-8-15(13-9-4-3-5-10-13)20(18,19)16-12-7-6-11-14(16)17/h2-7,9-12,15H,1,8H2. The third-order valence-corrected chi connectivity index (χ3v) is 5.69. The molecule has 0 fully saturated rings. The van der Waals surface area contributed by atoms with Crippen LogP contribution in [0.3, 0.4) is 0 Å². The smallest absolute Gasteiger partial charge is 0.187 e. The molecule has 0 radical (unpaired) electrons. The molecule has 0 aliphatic heterocycles. The number of hydrogen-bond donors (Lipinski definition) is 0. The molecule has 2 rings (SSSR count). The quantitative estimate of drug-likeness (QED) is 0.766. The Morgan fingerprint density at radius 3 is 2.25 bits per heavy atom. The van der Waals surface area contributed by atoms with Gasteiger partial charge in [-0.2, -0.15) is 0 Å². The Labute approximate surface area is 124 Å². The van der Waals surface area contributed by atoms with Crippen molar-refractivity contribution in [3.8, 4) is 0 Å². The van der Waals surface area contributed by atoms with Gasteiger partial charge in [-0.3, -0.25) is 0 Å². The fourth-order valence-corrected chi connectivity index (χ4v) is 4.37. The average Bonchev–Trinajstić information content (AvgIpc) is 2.45. The van der Waals surface area contributed by atoms with Crippen LogP contribution in [0.15, 0.2) is 72.1 Å². The molecule has 0 aliphatic carbocycles. The summed E-state index contributed by atoms with van der Waals surface area (Å²) in [6.45, 7) is 3.66. The van der Waals surface area contributed by atoms with Crippen LogP contribution in [-0.4, -0.2) is 8.42 Å². The molecule has 0 heterocycles. The molecule has 0 N–H and O–H groups in total. The molecule has 0 bridgehead atoms. The SMILES string of the molecule is C=CCC(c1ccccc1)S(=O)(=O)c1ccccc1Cl. The van der Waals surface area contributed by atoms with Gasteiger partial charge in [0.2, 0.25) is 0 Å². The molecule has 1 atom stereocenters. The summed E-state index contributed by atoms with van der Waals surface area (Å²) in [5.41, 5.74) is 0.743. The highest BCUT2D eigenvalue weighted by molar-refractivity contribution is 7.91. The van der Waals surface area contributed by atoms with E-state index in [0.29, 0.717) is 6.42 Å². The Bertz CT molecular complexity index is 693. The molecular formula is C16H15ClO2S. The van der Waals surface area contributed by atoms with E-state index in [2.05, 4.69) is 6.58 Å². The molecule has 2 aromatic rings. The van der Waals surface area contributed by atoms with Crippen LogP contribution >= 0.6 is 11.6 Å². The highest BCUT2D eigenvalue weighted by Crippen LogP contribution is 2.35. The number of hydrogen-bond acceptors (Lipinski definition) is 2. The Morgan fingerprint density at radius 1 is 1.05 bits per heavy atom. The molecule has 4 heteroatoms. The first-order valence-corrected chi connectivity index (χ1v) is 8.14. The van der Waals surface area contributed by atoms with Crippen LogP contribution in [0.4, 0.5) is 0 Å². The lowest BCUT2D eigenvalue weighted by Gasteiger charge is -2.17. The fraction of sp³-hybridized carbons (Fsp3) is 0.125. The molecule has 0 spiro atoms. The summed E-state index contributed by atoms with van der Waals surface area (Å²) in [5, 5.41) is -0.418. The van der Waals surface area contributed by atoms with E-state index in [1.165, 1.54) is 6.07 Å². The molecule has 2 nitrogen and oxygen atoms in total. The largest absolute Gasteiger partial charge is 0.223 e. The van der Waals surface area contributed by atoms with Crippen molar-refractivity contribution in [1.29, 1.82) is 0 Å². The summed E-state index contributed by atoms with van der Waals surface area (Å²) in [6.07, 6.45) is 1.96. The van der Waals surface area contributed by atoms with E-state index in [0.717, 1.165) is 5.56 Å². The Kier molecular flexibility index (Phi) is 4.63. The van der Waals surface area contributed by atoms with E-state index in [4.69, 9.17) is 11.6 Å².